The number of benzene rings is 2. The summed E-state index contributed by atoms with van der Waals surface area (Å²) in [5, 5.41) is 0. The van der Waals surface area contributed by atoms with Crippen molar-refractivity contribution in [2.75, 3.05) is 7.11 Å². The molecule has 110 valence electrons. The fraction of sp³-hybridized carbons (Fsp3) is 0.333. The fourth-order valence-electron chi connectivity index (χ4n) is 2.92. The minimum absolute atomic E-state index is 0.114. The summed E-state index contributed by atoms with van der Waals surface area (Å²) in [5.74, 6) is 1.83. The number of hydrogen-bond acceptors (Lipinski definition) is 3. The van der Waals surface area contributed by atoms with Crippen molar-refractivity contribution >= 4 is 0 Å². The molecule has 0 aliphatic carbocycles. The third-order valence-corrected chi connectivity index (χ3v) is 3.91. The highest BCUT2D eigenvalue weighted by molar-refractivity contribution is 5.70. The highest BCUT2D eigenvalue weighted by atomic mass is 16.5. The lowest BCUT2D eigenvalue weighted by Gasteiger charge is -2.16. The molecule has 0 bridgehead atoms. The topological polar surface area (TPSA) is 44.5 Å². The Hall–Kier alpha value is -2.00. The zero-order chi connectivity index (χ0) is 15.0. The lowest BCUT2D eigenvalue weighted by molar-refractivity contribution is 0.138. The van der Waals surface area contributed by atoms with Crippen molar-refractivity contribution in [3.8, 4) is 22.6 Å². The van der Waals surface area contributed by atoms with Gasteiger partial charge in [0.1, 0.15) is 17.1 Å². The number of ether oxygens (including phenoxy) is 2. The van der Waals surface area contributed by atoms with Crippen LogP contribution in [0.25, 0.3) is 11.1 Å². The number of rotatable bonds is 3. The molecule has 21 heavy (non-hydrogen) atoms. The lowest BCUT2D eigenvalue weighted by atomic mass is 9.95. The van der Waals surface area contributed by atoms with E-state index >= 15 is 0 Å². The van der Waals surface area contributed by atoms with Crippen LogP contribution in [0.2, 0.25) is 0 Å². The van der Waals surface area contributed by atoms with Crippen LogP contribution in [0.5, 0.6) is 11.5 Å². The maximum Gasteiger partial charge on any atom is 0.123 e. The van der Waals surface area contributed by atoms with Crippen LogP contribution >= 0.6 is 0 Å². The standard InChI is InChI=1S/C18H21NO2/c1-18(2)10-13-8-12(4-7-17(13)21-18)16-6-5-15(20-3)9-14(16)11-19/h4-9H,10-11,19H2,1-3H3. The molecule has 3 nitrogen and oxygen atoms in total. The van der Waals surface area contributed by atoms with E-state index in [1.807, 2.05) is 12.1 Å². The zero-order valence-electron chi connectivity index (χ0n) is 12.8. The van der Waals surface area contributed by atoms with Crippen LogP contribution in [0.4, 0.5) is 0 Å². The van der Waals surface area contributed by atoms with E-state index in [2.05, 4.69) is 38.1 Å². The van der Waals surface area contributed by atoms with E-state index in [1.165, 1.54) is 11.1 Å². The van der Waals surface area contributed by atoms with Gasteiger partial charge < -0.3 is 15.2 Å². The number of fused-ring (bicyclic) bond motifs is 1. The predicted octanol–water partition coefficient (Wildman–Crippen LogP) is 3.53. The van der Waals surface area contributed by atoms with Gasteiger partial charge in [-0.15, -0.1) is 0 Å². The molecular formula is C18H21NO2. The molecule has 1 aliphatic rings. The summed E-state index contributed by atoms with van der Waals surface area (Å²) in [7, 11) is 1.67. The van der Waals surface area contributed by atoms with E-state index < -0.39 is 0 Å². The maximum absolute atomic E-state index is 5.93. The molecule has 2 aromatic rings. The third kappa shape index (κ3) is 2.61. The van der Waals surface area contributed by atoms with Crippen LogP contribution in [0.3, 0.4) is 0 Å². The van der Waals surface area contributed by atoms with Gasteiger partial charge >= 0.3 is 0 Å². The molecule has 0 amide bonds. The third-order valence-electron chi connectivity index (χ3n) is 3.91. The smallest absolute Gasteiger partial charge is 0.123 e. The Labute approximate surface area is 125 Å². The molecule has 2 N–H and O–H groups in total. The molecule has 0 spiro atoms. The van der Waals surface area contributed by atoms with Crippen LogP contribution in [-0.4, -0.2) is 12.7 Å². The summed E-state index contributed by atoms with van der Waals surface area (Å²) < 4.78 is 11.2. The Morgan fingerprint density at radius 3 is 2.71 bits per heavy atom. The Kier molecular flexibility index (Phi) is 3.38. The summed E-state index contributed by atoms with van der Waals surface area (Å²) in [4.78, 5) is 0. The number of nitrogens with two attached hydrogens (primary N) is 1. The summed E-state index contributed by atoms with van der Waals surface area (Å²) in [6.45, 7) is 4.72. The van der Waals surface area contributed by atoms with E-state index in [9.17, 15) is 0 Å². The van der Waals surface area contributed by atoms with Crippen molar-refractivity contribution < 1.29 is 9.47 Å². The maximum atomic E-state index is 5.93. The van der Waals surface area contributed by atoms with Crippen LogP contribution in [0.15, 0.2) is 36.4 Å². The molecule has 1 heterocycles. The highest BCUT2D eigenvalue weighted by Crippen LogP contribution is 2.38. The first-order valence-corrected chi connectivity index (χ1v) is 7.22. The van der Waals surface area contributed by atoms with Gasteiger partial charge in [-0.25, -0.2) is 0 Å². The lowest BCUT2D eigenvalue weighted by Crippen LogP contribution is -2.24. The fourth-order valence-corrected chi connectivity index (χ4v) is 2.92. The SMILES string of the molecule is COc1ccc(-c2ccc3c(c2)CC(C)(C)O3)c(CN)c1. The van der Waals surface area contributed by atoms with Crippen LogP contribution < -0.4 is 15.2 Å². The van der Waals surface area contributed by atoms with Gasteiger partial charge in [-0.3, -0.25) is 0 Å². The Morgan fingerprint density at radius 2 is 2.00 bits per heavy atom. The largest absolute Gasteiger partial charge is 0.497 e. The van der Waals surface area contributed by atoms with E-state index in [0.29, 0.717) is 6.54 Å². The van der Waals surface area contributed by atoms with Crippen molar-refractivity contribution in [2.24, 2.45) is 5.73 Å². The molecule has 3 heteroatoms. The van der Waals surface area contributed by atoms with Gasteiger partial charge in [-0.2, -0.15) is 0 Å². The summed E-state index contributed by atoms with van der Waals surface area (Å²) in [6.07, 6.45) is 0.935. The Morgan fingerprint density at radius 1 is 1.19 bits per heavy atom. The highest BCUT2D eigenvalue weighted by Gasteiger charge is 2.30. The molecule has 0 saturated heterocycles. The van der Waals surface area contributed by atoms with Gasteiger partial charge in [-0.05, 0) is 60.4 Å². The second-order valence-corrected chi connectivity index (χ2v) is 6.09. The molecule has 2 aromatic carbocycles. The van der Waals surface area contributed by atoms with Gasteiger partial charge in [0.15, 0.2) is 0 Å². The van der Waals surface area contributed by atoms with Gasteiger partial charge in [0.25, 0.3) is 0 Å². The van der Waals surface area contributed by atoms with Crippen molar-refractivity contribution in [3.63, 3.8) is 0 Å². The Balaban J connectivity index is 2.03. The zero-order valence-corrected chi connectivity index (χ0v) is 12.8. The van der Waals surface area contributed by atoms with E-state index in [0.717, 1.165) is 29.0 Å². The summed E-state index contributed by atoms with van der Waals surface area (Å²) in [5.41, 5.74) is 10.5. The van der Waals surface area contributed by atoms with Crippen LogP contribution in [-0.2, 0) is 13.0 Å². The minimum Gasteiger partial charge on any atom is -0.497 e. The number of hydrogen-bond donors (Lipinski definition) is 1. The van der Waals surface area contributed by atoms with Gasteiger partial charge in [0.05, 0.1) is 7.11 Å². The van der Waals surface area contributed by atoms with Crippen molar-refractivity contribution in [3.05, 3.63) is 47.5 Å². The van der Waals surface area contributed by atoms with Crippen molar-refractivity contribution in [1.82, 2.24) is 0 Å². The first kappa shape index (κ1) is 14.0. The molecule has 0 saturated carbocycles. The molecule has 0 fully saturated rings. The molecule has 1 aliphatic heterocycles. The first-order chi connectivity index (χ1) is 10.0. The second-order valence-electron chi connectivity index (χ2n) is 6.09. The molecule has 3 rings (SSSR count). The minimum atomic E-state index is -0.114. The van der Waals surface area contributed by atoms with Crippen molar-refractivity contribution in [2.45, 2.75) is 32.4 Å². The molecule has 0 atom stereocenters. The average molecular weight is 283 g/mol. The molecule has 0 unspecified atom stereocenters. The molecule has 0 aromatic heterocycles. The van der Waals surface area contributed by atoms with Crippen molar-refractivity contribution in [1.29, 1.82) is 0 Å². The normalized spacial score (nSPS) is 15.4. The average Bonchev–Trinajstić information content (AvgIpc) is 2.79. The van der Waals surface area contributed by atoms with E-state index in [-0.39, 0.29) is 5.60 Å². The quantitative estimate of drug-likeness (QED) is 0.937. The van der Waals surface area contributed by atoms with E-state index in [1.54, 1.807) is 7.11 Å². The summed E-state index contributed by atoms with van der Waals surface area (Å²) >= 11 is 0. The van der Waals surface area contributed by atoms with Gasteiger partial charge in [-0.1, -0.05) is 12.1 Å². The van der Waals surface area contributed by atoms with E-state index in [4.69, 9.17) is 15.2 Å². The summed E-state index contributed by atoms with van der Waals surface area (Å²) in [6, 6.07) is 12.4. The monoisotopic (exact) mass is 283 g/mol. The van der Waals surface area contributed by atoms with Gasteiger partial charge in [0, 0.05) is 13.0 Å². The second kappa shape index (κ2) is 5.08. The van der Waals surface area contributed by atoms with Crippen LogP contribution in [0, 0.1) is 0 Å². The molecular weight excluding hydrogens is 262 g/mol. The van der Waals surface area contributed by atoms with Crippen LogP contribution in [0.1, 0.15) is 25.0 Å². The Bertz CT molecular complexity index is 677. The predicted molar refractivity (Wildman–Crippen MR) is 84.7 cm³/mol. The van der Waals surface area contributed by atoms with Gasteiger partial charge in [0.2, 0.25) is 0 Å². The first-order valence-electron chi connectivity index (χ1n) is 7.22. The molecule has 0 radical (unpaired) electrons. The number of methoxy groups -OCH3 is 1.